The maximum absolute atomic E-state index is 12.1. The van der Waals surface area contributed by atoms with E-state index in [1.165, 1.54) is 0 Å². The Morgan fingerprint density at radius 3 is 2.34 bits per heavy atom. The van der Waals surface area contributed by atoms with Gasteiger partial charge in [-0.15, -0.1) is 0 Å². The molecule has 0 fully saturated rings. The normalized spacial score (nSPS) is 11.6. The largest absolute Gasteiger partial charge is 0.508 e. The molecular weight excluding hydrogens is 519 g/mol. The van der Waals surface area contributed by atoms with Crippen LogP contribution in [0.4, 0.5) is 13.2 Å². The van der Waals surface area contributed by atoms with Gasteiger partial charge in [0, 0.05) is 8.95 Å². The fourth-order valence-electron chi connectivity index (χ4n) is 2.61. The number of phenolic OH excluding ortho intramolecular Hbond substituents is 1. The van der Waals surface area contributed by atoms with Gasteiger partial charge in [-0.2, -0.15) is 13.2 Å². The van der Waals surface area contributed by atoms with Gasteiger partial charge in [0.1, 0.15) is 18.0 Å². The molecule has 0 heterocycles. The molecular formula is C20H20Br2F3NO3. The lowest BCUT2D eigenvalue weighted by Crippen LogP contribution is -2.36. The maximum Gasteiger partial charge on any atom is 0.405 e. The second-order valence-electron chi connectivity index (χ2n) is 6.77. The van der Waals surface area contributed by atoms with E-state index in [4.69, 9.17) is 4.74 Å². The Bertz CT molecular complexity index is 863. The van der Waals surface area contributed by atoms with Gasteiger partial charge >= 0.3 is 6.18 Å². The molecule has 158 valence electrons. The molecule has 2 aromatic carbocycles. The van der Waals surface area contributed by atoms with Crippen LogP contribution in [0.25, 0.3) is 0 Å². The van der Waals surface area contributed by atoms with Gasteiger partial charge in [-0.1, -0.05) is 57.8 Å². The lowest BCUT2D eigenvalue weighted by molar-refractivity contribution is -0.139. The van der Waals surface area contributed by atoms with Crippen molar-refractivity contribution in [3.63, 3.8) is 0 Å². The van der Waals surface area contributed by atoms with Gasteiger partial charge in [0.05, 0.1) is 0 Å². The van der Waals surface area contributed by atoms with E-state index in [0.29, 0.717) is 12.2 Å². The van der Waals surface area contributed by atoms with Gasteiger partial charge in [-0.05, 0) is 47.2 Å². The number of aromatic hydroxyl groups is 1. The quantitative estimate of drug-likeness (QED) is 0.476. The van der Waals surface area contributed by atoms with Crippen molar-refractivity contribution in [2.45, 2.75) is 32.4 Å². The number of benzene rings is 2. The van der Waals surface area contributed by atoms with Gasteiger partial charge < -0.3 is 15.2 Å². The first-order valence-corrected chi connectivity index (χ1v) is 10.3. The molecule has 1 amide bonds. The predicted molar refractivity (Wildman–Crippen MR) is 111 cm³/mol. The minimum atomic E-state index is -4.47. The van der Waals surface area contributed by atoms with Crippen LogP contribution in [0.5, 0.6) is 11.5 Å². The summed E-state index contributed by atoms with van der Waals surface area (Å²) in [6, 6.07) is 8.77. The Morgan fingerprint density at radius 2 is 1.79 bits per heavy atom. The van der Waals surface area contributed by atoms with E-state index in [1.54, 1.807) is 23.5 Å². The van der Waals surface area contributed by atoms with Gasteiger partial charge in [0.25, 0.3) is 5.91 Å². The lowest BCUT2D eigenvalue weighted by Gasteiger charge is -2.14. The standard InChI is InChI=1S/C20H20Br2F3NO3/c1-11(2)14-5-12(3-4-18(14)27)6-15-16(21)7-13(8-17(15)22)29-9-19(28)26-10-20(23,24)25/h3-5,7-8,11,27H,6,9-10H2,1-2H3,(H,26,28). The molecule has 0 aliphatic heterocycles. The molecule has 2 aromatic rings. The van der Waals surface area contributed by atoms with Crippen LogP contribution in [0.1, 0.15) is 36.5 Å². The number of rotatable bonds is 7. The predicted octanol–water partition coefficient (Wildman–Crippen LogP) is 5.69. The van der Waals surface area contributed by atoms with Crippen molar-refractivity contribution < 1.29 is 27.8 Å². The molecule has 0 spiro atoms. The Labute approximate surface area is 183 Å². The minimum absolute atomic E-state index is 0.182. The minimum Gasteiger partial charge on any atom is -0.508 e. The topological polar surface area (TPSA) is 58.6 Å². The highest BCUT2D eigenvalue weighted by Crippen LogP contribution is 2.34. The zero-order valence-corrected chi connectivity index (χ0v) is 18.9. The van der Waals surface area contributed by atoms with Crippen molar-refractivity contribution in [3.05, 3.63) is 56.0 Å². The van der Waals surface area contributed by atoms with Crippen molar-refractivity contribution in [2.75, 3.05) is 13.2 Å². The zero-order chi connectivity index (χ0) is 21.8. The summed E-state index contributed by atoms with van der Waals surface area (Å²) in [5, 5.41) is 11.7. The van der Waals surface area contributed by atoms with Crippen molar-refractivity contribution in [2.24, 2.45) is 0 Å². The summed E-state index contributed by atoms with van der Waals surface area (Å²) in [5.74, 6) is -0.0808. The third kappa shape index (κ3) is 7.22. The number of carbonyl (C=O) groups excluding carboxylic acids is 1. The fraction of sp³-hybridized carbons (Fsp3) is 0.350. The summed E-state index contributed by atoms with van der Waals surface area (Å²) in [6.45, 7) is 2.08. The molecule has 0 saturated carbocycles. The van der Waals surface area contributed by atoms with E-state index in [2.05, 4.69) is 31.9 Å². The molecule has 2 rings (SSSR count). The van der Waals surface area contributed by atoms with Crippen molar-refractivity contribution in [1.29, 1.82) is 0 Å². The highest BCUT2D eigenvalue weighted by atomic mass is 79.9. The molecule has 0 aliphatic carbocycles. The van der Waals surface area contributed by atoms with Gasteiger partial charge in [0.2, 0.25) is 0 Å². The molecule has 0 radical (unpaired) electrons. The fourth-order valence-corrected chi connectivity index (χ4v) is 4.04. The maximum atomic E-state index is 12.1. The average molecular weight is 539 g/mol. The van der Waals surface area contributed by atoms with Crippen LogP contribution in [-0.2, 0) is 11.2 Å². The lowest BCUT2D eigenvalue weighted by atomic mass is 9.96. The first-order chi connectivity index (χ1) is 13.5. The summed E-state index contributed by atoms with van der Waals surface area (Å²) in [5.41, 5.74) is 2.80. The zero-order valence-electron chi connectivity index (χ0n) is 15.7. The molecule has 0 aromatic heterocycles. The monoisotopic (exact) mass is 537 g/mol. The van der Waals surface area contributed by atoms with Crippen molar-refractivity contribution >= 4 is 37.8 Å². The molecule has 0 saturated heterocycles. The Balaban J connectivity index is 2.08. The molecule has 0 bridgehead atoms. The molecule has 0 atom stereocenters. The second-order valence-corrected chi connectivity index (χ2v) is 8.48. The highest BCUT2D eigenvalue weighted by Gasteiger charge is 2.27. The first kappa shape index (κ1) is 23.5. The van der Waals surface area contributed by atoms with Crippen molar-refractivity contribution in [3.8, 4) is 11.5 Å². The second kappa shape index (κ2) is 9.84. The number of halogens is 5. The number of amides is 1. The summed E-state index contributed by atoms with van der Waals surface area (Å²) >= 11 is 6.95. The van der Waals surface area contributed by atoms with E-state index in [-0.39, 0.29) is 11.7 Å². The number of hydrogen-bond donors (Lipinski definition) is 2. The van der Waals surface area contributed by atoms with Gasteiger partial charge in [-0.3, -0.25) is 4.79 Å². The number of alkyl halides is 3. The Kier molecular flexibility index (Phi) is 7.99. The molecule has 0 unspecified atom stereocenters. The SMILES string of the molecule is CC(C)c1cc(Cc2c(Br)cc(OCC(=O)NCC(F)(F)F)cc2Br)ccc1O. The molecule has 4 nitrogen and oxygen atoms in total. The molecule has 9 heteroatoms. The first-order valence-electron chi connectivity index (χ1n) is 8.72. The van der Waals surface area contributed by atoms with E-state index in [1.807, 2.05) is 26.0 Å². The number of nitrogens with one attached hydrogen (secondary N) is 1. The number of hydrogen-bond acceptors (Lipinski definition) is 3. The van der Waals surface area contributed by atoms with E-state index < -0.39 is 25.2 Å². The molecule has 29 heavy (non-hydrogen) atoms. The van der Waals surface area contributed by atoms with Crippen LogP contribution < -0.4 is 10.1 Å². The van der Waals surface area contributed by atoms with Crippen LogP contribution in [0.2, 0.25) is 0 Å². The van der Waals surface area contributed by atoms with E-state index >= 15 is 0 Å². The summed E-state index contributed by atoms with van der Waals surface area (Å²) in [6.07, 6.45) is -3.89. The third-order valence-electron chi connectivity index (χ3n) is 4.07. The summed E-state index contributed by atoms with van der Waals surface area (Å²) in [4.78, 5) is 11.5. The van der Waals surface area contributed by atoms with Crippen LogP contribution in [0, 0.1) is 0 Å². The number of phenols is 1. The van der Waals surface area contributed by atoms with Crippen LogP contribution in [0.3, 0.4) is 0 Å². The van der Waals surface area contributed by atoms with Crippen molar-refractivity contribution in [1.82, 2.24) is 5.32 Å². The number of carbonyl (C=O) groups is 1. The Hall–Kier alpha value is -1.74. The van der Waals surface area contributed by atoms with E-state index in [0.717, 1.165) is 25.6 Å². The van der Waals surface area contributed by atoms with Gasteiger partial charge in [0.15, 0.2) is 6.61 Å². The summed E-state index contributed by atoms with van der Waals surface area (Å²) < 4.78 is 43.1. The molecule has 2 N–H and O–H groups in total. The number of ether oxygens (including phenoxy) is 1. The Morgan fingerprint density at radius 1 is 1.17 bits per heavy atom. The summed E-state index contributed by atoms with van der Waals surface area (Å²) in [7, 11) is 0. The third-order valence-corrected chi connectivity index (χ3v) is 5.48. The smallest absolute Gasteiger partial charge is 0.405 e. The highest BCUT2D eigenvalue weighted by molar-refractivity contribution is 9.11. The van der Waals surface area contributed by atoms with Gasteiger partial charge in [-0.25, -0.2) is 0 Å². The van der Waals surface area contributed by atoms with Crippen LogP contribution >= 0.6 is 31.9 Å². The van der Waals surface area contributed by atoms with Crippen LogP contribution in [0.15, 0.2) is 39.3 Å². The van der Waals surface area contributed by atoms with E-state index in [9.17, 15) is 23.1 Å². The molecule has 0 aliphatic rings. The van der Waals surface area contributed by atoms with Crippen LogP contribution in [-0.4, -0.2) is 30.3 Å². The average Bonchev–Trinajstić information content (AvgIpc) is 2.61.